The Kier molecular flexibility index (Phi) is 15.8. The van der Waals surface area contributed by atoms with Gasteiger partial charge in [-0.1, -0.05) is 65.5 Å². The van der Waals surface area contributed by atoms with E-state index in [1.54, 1.807) is 0 Å². The number of unbranched alkanes of at least 4 members (excludes halogenated alkanes) is 4. The zero-order valence-electron chi connectivity index (χ0n) is 17.8. The van der Waals surface area contributed by atoms with Crippen LogP contribution in [0.15, 0.2) is 12.2 Å². The van der Waals surface area contributed by atoms with Gasteiger partial charge in [0.25, 0.3) is 0 Å². The van der Waals surface area contributed by atoms with Crippen LogP contribution in [0.25, 0.3) is 0 Å². The zero-order valence-corrected chi connectivity index (χ0v) is 17.8. The molecule has 0 aromatic heterocycles. The van der Waals surface area contributed by atoms with Gasteiger partial charge in [0.15, 0.2) is 0 Å². The van der Waals surface area contributed by atoms with Gasteiger partial charge in [-0.05, 0) is 62.7 Å². The van der Waals surface area contributed by atoms with Crippen LogP contribution < -0.4 is 0 Å². The second kappa shape index (κ2) is 16.4. The largest absolute Gasteiger partial charge is 0.481 e. The molecule has 26 heavy (non-hydrogen) atoms. The van der Waals surface area contributed by atoms with Gasteiger partial charge in [-0.15, -0.1) is 0 Å². The lowest BCUT2D eigenvalue weighted by Crippen LogP contribution is -2.23. The van der Waals surface area contributed by atoms with Crippen LogP contribution in [0, 0.1) is 17.8 Å². The number of aliphatic hydroxyl groups excluding tert-OH is 1. The number of aliphatic hydroxyl groups is 1. The minimum absolute atomic E-state index is 0.198. The van der Waals surface area contributed by atoms with Gasteiger partial charge in [0.1, 0.15) is 0 Å². The van der Waals surface area contributed by atoms with Gasteiger partial charge in [0.05, 0.1) is 6.10 Å². The normalized spacial score (nSPS) is 22.0. The van der Waals surface area contributed by atoms with Crippen molar-refractivity contribution >= 4 is 5.97 Å². The third-order valence-corrected chi connectivity index (χ3v) is 5.58. The van der Waals surface area contributed by atoms with Crippen LogP contribution in [0.3, 0.4) is 0 Å². The SMILES string of the molecule is CC.CCCCCC/C=C/C1CCC[C@@H]1CC(O)C(C)CCCC(=O)O. The third kappa shape index (κ3) is 11.7. The van der Waals surface area contributed by atoms with E-state index in [2.05, 4.69) is 26.0 Å². The molecule has 1 saturated carbocycles. The Morgan fingerprint density at radius 2 is 1.88 bits per heavy atom. The Morgan fingerprint density at radius 1 is 1.15 bits per heavy atom. The van der Waals surface area contributed by atoms with Gasteiger partial charge in [-0.3, -0.25) is 4.79 Å². The molecule has 0 heterocycles. The molecule has 0 spiro atoms. The molecule has 2 N–H and O–H groups in total. The predicted molar refractivity (Wildman–Crippen MR) is 111 cm³/mol. The van der Waals surface area contributed by atoms with Gasteiger partial charge < -0.3 is 10.2 Å². The van der Waals surface area contributed by atoms with Gasteiger partial charge in [0.2, 0.25) is 0 Å². The molecule has 1 rings (SSSR count). The number of carboxylic acid groups (broad SMARTS) is 1. The topological polar surface area (TPSA) is 57.5 Å². The van der Waals surface area contributed by atoms with Gasteiger partial charge in [-0.25, -0.2) is 0 Å². The van der Waals surface area contributed by atoms with Crippen molar-refractivity contribution in [2.24, 2.45) is 17.8 Å². The third-order valence-electron chi connectivity index (χ3n) is 5.58. The number of aliphatic carboxylic acids is 1. The average Bonchev–Trinajstić information content (AvgIpc) is 3.06. The van der Waals surface area contributed by atoms with E-state index in [0.29, 0.717) is 18.3 Å². The molecule has 0 saturated heterocycles. The minimum atomic E-state index is -0.739. The summed E-state index contributed by atoms with van der Waals surface area (Å²) < 4.78 is 0. The fraction of sp³-hybridized carbons (Fsp3) is 0.870. The van der Waals surface area contributed by atoms with Crippen molar-refractivity contribution in [3.63, 3.8) is 0 Å². The molecule has 1 aliphatic rings. The van der Waals surface area contributed by atoms with E-state index in [1.165, 1.54) is 51.4 Å². The number of carboxylic acids is 1. The number of hydrogen-bond acceptors (Lipinski definition) is 2. The van der Waals surface area contributed by atoms with Gasteiger partial charge >= 0.3 is 5.97 Å². The number of rotatable bonds is 13. The lowest BCUT2D eigenvalue weighted by molar-refractivity contribution is -0.137. The van der Waals surface area contributed by atoms with Crippen LogP contribution in [0.5, 0.6) is 0 Å². The Labute approximate surface area is 162 Å². The standard InChI is InChI=1S/C21H38O3.C2H6/c1-3-4-5-6-7-8-12-18-13-10-14-19(18)16-20(22)17(2)11-9-15-21(23)24;1-2/h8,12,17-20,22H,3-7,9-11,13-16H2,1-2H3,(H,23,24);1-2H3/b12-8+;/t17?,18?,19-,20?;/m1./s1. The fourth-order valence-electron chi connectivity index (χ4n) is 3.88. The molecule has 4 atom stereocenters. The van der Waals surface area contributed by atoms with Crippen LogP contribution in [0.4, 0.5) is 0 Å². The highest BCUT2D eigenvalue weighted by atomic mass is 16.4. The fourth-order valence-corrected chi connectivity index (χ4v) is 3.88. The van der Waals surface area contributed by atoms with E-state index < -0.39 is 5.97 Å². The monoisotopic (exact) mass is 368 g/mol. The zero-order chi connectivity index (χ0) is 19.8. The molecule has 154 valence electrons. The van der Waals surface area contributed by atoms with Crippen LogP contribution in [-0.4, -0.2) is 22.3 Å². The van der Waals surface area contributed by atoms with E-state index in [0.717, 1.165) is 12.8 Å². The van der Waals surface area contributed by atoms with E-state index in [4.69, 9.17) is 5.11 Å². The highest BCUT2D eigenvalue weighted by molar-refractivity contribution is 5.66. The second-order valence-electron chi connectivity index (χ2n) is 7.70. The Balaban J connectivity index is 0.00000301. The van der Waals surface area contributed by atoms with Crippen LogP contribution in [-0.2, 0) is 4.79 Å². The summed E-state index contributed by atoms with van der Waals surface area (Å²) in [6.45, 7) is 8.30. The summed E-state index contributed by atoms with van der Waals surface area (Å²) in [6, 6.07) is 0. The quantitative estimate of drug-likeness (QED) is 0.284. The Bertz CT molecular complexity index is 364. The smallest absolute Gasteiger partial charge is 0.303 e. The molecule has 3 heteroatoms. The first-order valence-electron chi connectivity index (χ1n) is 11.1. The molecular weight excluding hydrogens is 324 g/mol. The number of hydrogen-bond donors (Lipinski definition) is 2. The van der Waals surface area contributed by atoms with E-state index >= 15 is 0 Å². The summed E-state index contributed by atoms with van der Waals surface area (Å²) in [5.74, 6) is 0.700. The second-order valence-corrected chi connectivity index (χ2v) is 7.70. The summed E-state index contributed by atoms with van der Waals surface area (Å²) in [4.78, 5) is 10.6. The first-order valence-corrected chi connectivity index (χ1v) is 11.1. The molecule has 0 amide bonds. The maximum atomic E-state index is 10.6. The van der Waals surface area contributed by atoms with E-state index in [9.17, 15) is 9.90 Å². The van der Waals surface area contributed by atoms with Crippen molar-refractivity contribution in [2.45, 2.75) is 111 Å². The van der Waals surface area contributed by atoms with Crippen molar-refractivity contribution in [3.8, 4) is 0 Å². The van der Waals surface area contributed by atoms with Crippen molar-refractivity contribution in [1.82, 2.24) is 0 Å². The molecule has 1 fully saturated rings. The van der Waals surface area contributed by atoms with E-state index in [1.807, 2.05) is 13.8 Å². The first kappa shape index (κ1) is 25.2. The van der Waals surface area contributed by atoms with Crippen molar-refractivity contribution < 1.29 is 15.0 Å². The number of allylic oxidation sites excluding steroid dienone is 2. The van der Waals surface area contributed by atoms with Crippen LogP contribution in [0.1, 0.15) is 105 Å². The van der Waals surface area contributed by atoms with Crippen molar-refractivity contribution in [3.05, 3.63) is 12.2 Å². The van der Waals surface area contributed by atoms with Crippen molar-refractivity contribution in [1.29, 1.82) is 0 Å². The Morgan fingerprint density at radius 3 is 2.54 bits per heavy atom. The minimum Gasteiger partial charge on any atom is -0.481 e. The summed E-state index contributed by atoms with van der Waals surface area (Å²) in [7, 11) is 0. The maximum absolute atomic E-state index is 10.6. The van der Waals surface area contributed by atoms with Gasteiger partial charge in [-0.2, -0.15) is 0 Å². The van der Waals surface area contributed by atoms with E-state index in [-0.39, 0.29) is 18.4 Å². The van der Waals surface area contributed by atoms with Crippen molar-refractivity contribution in [2.75, 3.05) is 0 Å². The summed E-state index contributed by atoms with van der Waals surface area (Å²) in [6.07, 6.45) is 17.2. The molecule has 0 bridgehead atoms. The first-order chi connectivity index (χ1) is 12.5. The summed E-state index contributed by atoms with van der Waals surface area (Å²) >= 11 is 0. The summed E-state index contributed by atoms with van der Waals surface area (Å²) in [5, 5.41) is 19.2. The maximum Gasteiger partial charge on any atom is 0.303 e. The molecule has 1 aliphatic carbocycles. The van der Waals surface area contributed by atoms with Crippen LogP contribution >= 0.6 is 0 Å². The lowest BCUT2D eigenvalue weighted by atomic mass is 9.85. The predicted octanol–water partition coefficient (Wildman–Crippen LogP) is 6.60. The molecule has 3 nitrogen and oxygen atoms in total. The lowest BCUT2D eigenvalue weighted by Gasteiger charge is -2.24. The van der Waals surface area contributed by atoms with Crippen LogP contribution in [0.2, 0.25) is 0 Å². The Hall–Kier alpha value is -0.830. The average molecular weight is 369 g/mol. The highest BCUT2D eigenvalue weighted by Crippen LogP contribution is 2.37. The highest BCUT2D eigenvalue weighted by Gasteiger charge is 2.28. The van der Waals surface area contributed by atoms with Gasteiger partial charge in [0, 0.05) is 6.42 Å². The number of carbonyl (C=O) groups is 1. The molecule has 3 unspecified atom stereocenters. The molecule has 0 aromatic rings. The molecular formula is C23H44O3. The molecule has 0 aromatic carbocycles. The molecule has 0 radical (unpaired) electrons. The molecule has 0 aliphatic heterocycles. The summed E-state index contributed by atoms with van der Waals surface area (Å²) in [5.41, 5.74) is 0.